The molecule has 0 spiro atoms. The Hall–Kier alpha value is -2.01. The van der Waals surface area contributed by atoms with Crippen molar-refractivity contribution in [1.82, 2.24) is 9.80 Å². The van der Waals surface area contributed by atoms with Gasteiger partial charge in [-0.1, -0.05) is 12.1 Å². The monoisotopic (exact) mass is 304 g/mol. The Bertz CT molecular complexity index is 557. The van der Waals surface area contributed by atoms with Gasteiger partial charge in [-0.15, -0.1) is 0 Å². The first-order chi connectivity index (χ1) is 10.6. The fourth-order valence-corrected chi connectivity index (χ4v) is 2.77. The number of likely N-dealkylation sites (N-methyl/N-ethyl adjacent to an activating group) is 1. The minimum atomic E-state index is 0.0328. The Morgan fingerprint density at radius 1 is 1.27 bits per heavy atom. The van der Waals surface area contributed by atoms with E-state index in [4.69, 9.17) is 9.47 Å². The molecule has 0 N–H and O–H groups in total. The predicted octanol–water partition coefficient (Wildman–Crippen LogP) is 1.88. The fourth-order valence-electron chi connectivity index (χ4n) is 2.77. The number of nitrogens with zero attached hydrogens (tertiary/aromatic N) is 2. The summed E-state index contributed by atoms with van der Waals surface area (Å²) in [4.78, 5) is 16.5. The van der Waals surface area contributed by atoms with E-state index >= 15 is 0 Å². The van der Waals surface area contributed by atoms with E-state index in [1.165, 1.54) is 0 Å². The van der Waals surface area contributed by atoms with Crippen LogP contribution in [0.4, 0.5) is 0 Å². The molecular weight excluding hydrogens is 280 g/mol. The zero-order valence-electron chi connectivity index (χ0n) is 13.7. The molecule has 1 amide bonds. The lowest BCUT2D eigenvalue weighted by Crippen LogP contribution is -2.52. The number of piperazine rings is 1. The summed E-state index contributed by atoms with van der Waals surface area (Å²) in [6.07, 6.45) is 3.40. The largest absolute Gasteiger partial charge is 0.493 e. The van der Waals surface area contributed by atoms with Gasteiger partial charge in [0.05, 0.1) is 14.2 Å². The third-order valence-corrected chi connectivity index (χ3v) is 3.95. The van der Waals surface area contributed by atoms with Crippen molar-refractivity contribution in [3.8, 4) is 11.5 Å². The molecule has 0 radical (unpaired) electrons. The molecular formula is C17H24N2O3. The molecule has 5 nitrogen and oxygen atoms in total. The molecule has 120 valence electrons. The van der Waals surface area contributed by atoms with Crippen molar-refractivity contribution in [1.29, 1.82) is 0 Å². The number of benzene rings is 1. The van der Waals surface area contributed by atoms with E-state index in [9.17, 15) is 4.79 Å². The first kappa shape index (κ1) is 16.4. The number of amides is 1. The van der Waals surface area contributed by atoms with Crippen molar-refractivity contribution >= 4 is 12.0 Å². The first-order valence-corrected chi connectivity index (χ1v) is 7.45. The van der Waals surface area contributed by atoms with Crippen LogP contribution in [-0.4, -0.2) is 62.7 Å². The highest BCUT2D eigenvalue weighted by molar-refractivity contribution is 5.92. The molecule has 0 saturated carbocycles. The van der Waals surface area contributed by atoms with Gasteiger partial charge in [-0.25, -0.2) is 0 Å². The van der Waals surface area contributed by atoms with E-state index in [0.29, 0.717) is 11.5 Å². The Morgan fingerprint density at radius 2 is 2.05 bits per heavy atom. The lowest BCUT2D eigenvalue weighted by Gasteiger charge is -2.37. The van der Waals surface area contributed by atoms with E-state index in [1.54, 1.807) is 26.4 Å². The van der Waals surface area contributed by atoms with Gasteiger partial charge in [0.15, 0.2) is 11.5 Å². The molecule has 1 aliphatic rings. The lowest BCUT2D eigenvalue weighted by molar-refractivity contribution is -0.130. The quantitative estimate of drug-likeness (QED) is 0.797. The van der Waals surface area contributed by atoms with Crippen molar-refractivity contribution in [2.45, 2.75) is 13.0 Å². The number of carbonyl (C=O) groups excluding carboxylic acids is 1. The van der Waals surface area contributed by atoms with Crippen molar-refractivity contribution in [2.24, 2.45) is 0 Å². The molecule has 0 bridgehead atoms. The number of hydrogen-bond acceptors (Lipinski definition) is 4. The highest BCUT2D eigenvalue weighted by Gasteiger charge is 2.24. The van der Waals surface area contributed by atoms with Gasteiger partial charge in [-0.05, 0) is 26.1 Å². The molecule has 1 atom stereocenters. The van der Waals surface area contributed by atoms with E-state index in [2.05, 4.69) is 18.9 Å². The molecule has 1 unspecified atom stereocenters. The smallest absolute Gasteiger partial charge is 0.246 e. The first-order valence-electron chi connectivity index (χ1n) is 7.45. The molecule has 2 rings (SSSR count). The second kappa shape index (κ2) is 7.31. The van der Waals surface area contributed by atoms with Crippen LogP contribution in [0.25, 0.3) is 6.08 Å². The Kier molecular flexibility index (Phi) is 5.44. The van der Waals surface area contributed by atoms with Gasteiger partial charge in [-0.2, -0.15) is 0 Å². The number of para-hydroxylation sites is 1. The molecule has 1 aromatic carbocycles. The van der Waals surface area contributed by atoms with Crippen LogP contribution in [0, 0.1) is 0 Å². The molecule has 1 fully saturated rings. The highest BCUT2D eigenvalue weighted by atomic mass is 16.5. The number of hydrogen-bond donors (Lipinski definition) is 0. The second-order valence-corrected chi connectivity index (χ2v) is 5.56. The topological polar surface area (TPSA) is 42.0 Å². The standard InChI is InChI=1S/C17H24N2O3/c1-13-12-18(2)10-11-19(13)16(20)9-8-14-6-5-7-15(21-3)17(14)22-4/h5-9,13H,10-12H2,1-4H3. The van der Waals surface area contributed by atoms with Gasteiger partial charge >= 0.3 is 0 Å². The van der Waals surface area contributed by atoms with Crippen LogP contribution >= 0.6 is 0 Å². The van der Waals surface area contributed by atoms with Gasteiger partial charge < -0.3 is 19.3 Å². The SMILES string of the molecule is COc1cccc(C=CC(=O)N2CCN(C)CC2C)c1OC. The number of carbonyl (C=O) groups is 1. The third kappa shape index (κ3) is 3.60. The van der Waals surface area contributed by atoms with Crippen LogP contribution < -0.4 is 9.47 Å². The number of rotatable bonds is 4. The highest BCUT2D eigenvalue weighted by Crippen LogP contribution is 2.31. The molecule has 1 aromatic rings. The van der Waals surface area contributed by atoms with Crippen molar-refractivity contribution in [2.75, 3.05) is 40.9 Å². The summed E-state index contributed by atoms with van der Waals surface area (Å²) in [5.74, 6) is 1.33. The van der Waals surface area contributed by atoms with Gasteiger partial charge in [0.2, 0.25) is 5.91 Å². The van der Waals surface area contributed by atoms with Crippen molar-refractivity contribution in [3.63, 3.8) is 0 Å². The van der Waals surface area contributed by atoms with Crippen LogP contribution in [0.2, 0.25) is 0 Å². The van der Waals surface area contributed by atoms with E-state index in [-0.39, 0.29) is 11.9 Å². The van der Waals surface area contributed by atoms with E-state index in [1.807, 2.05) is 23.1 Å². The molecule has 0 aromatic heterocycles. The van der Waals surface area contributed by atoms with Gasteiger partial charge in [0, 0.05) is 37.3 Å². The molecule has 5 heteroatoms. The number of methoxy groups -OCH3 is 2. The maximum Gasteiger partial charge on any atom is 0.246 e. The average Bonchev–Trinajstić information content (AvgIpc) is 2.51. The number of ether oxygens (including phenoxy) is 2. The van der Waals surface area contributed by atoms with Crippen molar-refractivity contribution in [3.05, 3.63) is 29.8 Å². The minimum Gasteiger partial charge on any atom is -0.493 e. The fraction of sp³-hybridized carbons (Fsp3) is 0.471. The van der Waals surface area contributed by atoms with E-state index < -0.39 is 0 Å². The van der Waals surface area contributed by atoms with Crippen LogP contribution in [-0.2, 0) is 4.79 Å². The second-order valence-electron chi connectivity index (χ2n) is 5.56. The predicted molar refractivity (Wildman–Crippen MR) is 87.3 cm³/mol. The molecule has 1 aliphatic heterocycles. The van der Waals surface area contributed by atoms with Gasteiger partial charge in [0.1, 0.15) is 0 Å². The van der Waals surface area contributed by atoms with Crippen LogP contribution in [0.5, 0.6) is 11.5 Å². The Balaban J connectivity index is 2.13. The minimum absolute atomic E-state index is 0.0328. The van der Waals surface area contributed by atoms with E-state index in [0.717, 1.165) is 25.2 Å². The van der Waals surface area contributed by atoms with Crippen LogP contribution in [0.3, 0.4) is 0 Å². The molecule has 1 heterocycles. The summed E-state index contributed by atoms with van der Waals surface area (Å²) in [5, 5.41) is 0. The summed E-state index contributed by atoms with van der Waals surface area (Å²) in [5.41, 5.74) is 0.831. The Labute approximate surface area is 132 Å². The summed E-state index contributed by atoms with van der Waals surface area (Å²) in [7, 11) is 5.28. The zero-order chi connectivity index (χ0) is 16.1. The van der Waals surface area contributed by atoms with Crippen LogP contribution in [0.15, 0.2) is 24.3 Å². The summed E-state index contributed by atoms with van der Waals surface area (Å²) >= 11 is 0. The molecule has 1 saturated heterocycles. The normalized spacial score (nSPS) is 19.5. The average molecular weight is 304 g/mol. The summed E-state index contributed by atoms with van der Waals surface area (Å²) in [6.45, 7) is 4.65. The van der Waals surface area contributed by atoms with Crippen molar-refractivity contribution < 1.29 is 14.3 Å². The zero-order valence-corrected chi connectivity index (χ0v) is 13.7. The van der Waals surface area contributed by atoms with Crippen LogP contribution in [0.1, 0.15) is 12.5 Å². The summed E-state index contributed by atoms with van der Waals surface area (Å²) in [6, 6.07) is 5.84. The maximum atomic E-state index is 12.4. The lowest BCUT2D eigenvalue weighted by atomic mass is 10.1. The Morgan fingerprint density at radius 3 is 2.68 bits per heavy atom. The third-order valence-electron chi connectivity index (χ3n) is 3.95. The van der Waals surface area contributed by atoms with Gasteiger partial charge in [-0.3, -0.25) is 4.79 Å². The molecule has 0 aliphatic carbocycles. The molecule has 22 heavy (non-hydrogen) atoms. The van der Waals surface area contributed by atoms with Gasteiger partial charge in [0.25, 0.3) is 0 Å². The summed E-state index contributed by atoms with van der Waals surface area (Å²) < 4.78 is 10.6. The maximum absolute atomic E-state index is 12.4.